The number of fused-ring (bicyclic) bond motifs is 1. The highest BCUT2D eigenvalue weighted by Crippen LogP contribution is 2.33. The number of nitrogens with one attached hydrogen (secondary N) is 1. The number of anilines is 1. The number of rotatable bonds is 2. The third-order valence-corrected chi connectivity index (χ3v) is 1.60. The molecule has 1 aliphatic rings. The Bertz CT molecular complexity index is 250. The molecule has 1 aromatic carbocycles. The second kappa shape index (κ2) is 3.03. The van der Waals surface area contributed by atoms with Crippen molar-refractivity contribution in [3.05, 3.63) is 30.7 Å². The van der Waals surface area contributed by atoms with E-state index >= 15 is 0 Å². The van der Waals surface area contributed by atoms with Crippen LogP contribution in [0.4, 0.5) is 5.69 Å². The molecule has 1 N–H and O–H groups in total. The lowest BCUT2D eigenvalue weighted by Gasteiger charge is -2.05. The number of ether oxygens (including phenoxy) is 2. The van der Waals surface area contributed by atoms with Crippen molar-refractivity contribution in [3.63, 3.8) is 0 Å². The smallest absolute Gasteiger partial charge is 0.384 e. The first-order valence-corrected chi connectivity index (χ1v) is 3.94. The lowest BCUT2D eigenvalue weighted by Crippen LogP contribution is -2.13. The number of hydrogen-bond acceptors (Lipinski definition) is 3. The first-order chi connectivity index (χ1) is 5.90. The Morgan fingerprint density at radius 3 is 3.00 bits per heavy atom. The molecule has 0 amide bonds. The molecule has 0 bridgehead atoms. The maximum Gasteiger partial charge on any atom is 0.384 e. The molecule has 0 saturated carbocycles. The van der Waals surface area contributed by atoms with E-state index in [4.69, 9.17) is 9.47 Å². The molecule has 63 valence electrons. The highest BCUT2D eigenvalue weighted by Gasteiger charge is 2.23. The van der Waals surface area contributed by atoms with E-state index in [-0.39, 0.29) is 0 Å². The van der Waals surface area contributed by atoms with Crippen molar-refractivity contribution in [2.24, 2.45) is 0 Å². The summed E-state index contributed by atoms with van der Waals surface area (Å²) in [6.45, 7) is 2.53. The zero-order chi connectivity index (χ0) is 8.39. The fourth-order valence-corrected chi connectivity index (χ4v) is 1.09. The predicted molar refractivity (Wildman–Crippen MR) is 45.6 cm³/mol. The van der Waals surface area contributed by atoms with Crippen molar-refractivity contribution in [1.29, 1.82) is 0 Å². The highest BCUT2D eigenvalue weighted by atomic mass is 16.7. The maximum absolute atomic E-state index is 5.33. The van der Waals surface area contributed by atoms with Crippen LogP contribution in [-0.4, -0.2) is 6.61 Å². The van der Waals surface area contributed by atoms with Crippen molar-refractivity contribution in [1.82, 2.24) is 0 Å². The number of benzene rings is 1. The zero-order valence-electron chi connectivity index (χ0n) is 6.83. The Labute approximate surface area is 71.3 Å². The lowest BCUT2D eigenvalue weighted by molar-refractivity contribution is 0.0530. The van der Waals surface area contributed by atoms with Gasteiger partial charge in [-0.3, -0.25) is 0 Å². The largest absolute Gasteiger partial charge is 0.435 e. The minimum Gasteiger partial charge on any atom is -0.435 e. The molecule has 1 radical (unpaired) electrons. The minimum atomic E-state index is 0.471. The molecule has 0 atom stereocenters. The summed E-state index contributed by atoms with van der Waals surface area (Å²) in [7, 11) is 0. The summed E-state index contributed by atoms with van der Waals surface area (Å²) in [6.07, 6.45) is 0.471. The molecule has 1 aliphatic heterocycles. The fraction of sp³-hybridized carbons (Fsp3) is 0.222. The van der Waals surface area contributed by atoms with E-state index < -0.39 is 0 Å². The van der Waals surface area contributed by atoms with E-state index in [1.165, 1.54) is 0 Å². The Balaban J connectivity index is 2.11. The molecular formula is C9H10NO2. The van der Waals surface area contributed by atoms with Gasteiger partial charge in [-0.1, -0.05) is 12.1 Å². The first-order valence-electron chi connectivity index (χ1n) is 3.94. The molecule has 3 nitrogen and oxygen atoms in total. The fourth-order valence-electron chi connectivity index (χ4n) is 1.09. The summed E-state index contributed by atoms with van der Waals surface area (Å²) < 4.78 is 10.5. The summed E-state index contributed by atoms with van der Waals surface area (Å²) in [4.78, 5) is 0. The van der Waals surface area contributed by atoms with Crippen LogP contribution >= 0.6 is 0 Å². The molecule has 0 aliphatic carbocycles. The molecule has 1 heterocycles. The monoisotopic (exact) mass is 164 g/mol. The van der Waals surface area contributed by atoms with Crippen LogP contribution < -0.4 is 10.1 Å². The van der Waals surface area contributed by atoms with Gasteiger partial charge >= 0.3 is 6.41 Å². The normalized spacial score (nSPS) is 15.1. The summed E-state index contributed by atoms with van der Waals surface area (Å²) in [5.41, 5.74) is 0.959. The van der Waals surface area contributed by atoms with Gasteiger partial charge in [0.2, 0.25) is 0 Å². The molecule has 0 aromatic heterocycles. The van der Waals surface area contributed by atoms with Gasteiger partial charge in [0.25, 0.3) is 0 Å². The second-order valence-electron chi connectivity index (χ2n) is 2.44. The average Bonchev–Trinajstić information content (AvgIpc) is 2.47. The van der Waals surface area contributed by atoms with Gasteiger partial charge in [-0.25, -0.2) is 0 Å². The van der Waals surface area contributed by atoms with Crippen molar-refractivity contribution < 1.29 is 9.47 Å². The van der Waals surface area contributed by atoms with Crippen molar-refractivity contribution in [2.75, 3.05) is 11.9 Å². The molecule has 12 heavy (non-hydrogen) atoms. The van der Waals surface area contributed by atoms with Gasteiger partial charge in [0, 0.05) is 0 Å². The molecule has 3 heteroatoms. The van der Waals surface area contributed by atoms with E-state index in [1.54, 1.807) is 0 Å². The minimum absolute atomic E-state index is 0.471. The number of para-hydroxylation sites is 2. The van der Waals surface area contributed by atoms with Gasteiger partial charge < -0.3 is 14.8 Å². The van der Waals surface area contributed by atoms with Crippen molar-refractivity contribution >= 4 is 5.69 Å². The molecule has 0 fully saturated rings. The van der Waals surface area contributed by atoms with E-state index in [0.29, 0.717) is 13.0 Å². The third-order valence-electron chi connectivity index (χ3n) is 1.60. The molecule has 1 aromatic rings. The van der Waals surface area contributed by atoms with Crippen LogP contribution in [0.3, 0.4) is 0 Å². The van der Waals surface area contributed by atoms with Crippen LogP contribution in [0.25, 0.3) is 0 Å². The molecular weight excluding hydrogens is 154 g/mol. The summed E-state index contributed by atoms with van der Waals surface area (Å²) in [5.74, 6) is 0.820. The van der Waals surface area contributed by atoms with Crippen LogP contribution in [0.1, 0.15) is 6.92 Å². The van der Waals surface area contributed by atoms with Crippen LogP contribution in [0.5, 0.6) is 5.75 Å². The second-order valence-corrected chi connectivity index (χ2v) is 2.44. The van der Waals surface area contributed by atoms with Crippen molar-refractivity contribution in [2.45, 2.75) is 6.92 Å². The van der Waals surface area contributed by atoms with Crippen molar-refractivity contribution in [3.8, 4) is 5.75 Å². The molecule has 0 unspecified atom stereocenters. The summed E-state index contributed by atoms with van der Waals surface area (Å²) in [5, 5.41) is 3.01. The van der Waals surface area contributed by atoms with Gasteiger partial charge in [0.1, 0.15) is 5.75 Å². The molecule has 0 saturated heterocycles. The van der Waals surface area contributed by atoms with Crippen LogP contribution in [0.15, 0.2) is 24.3 Å². The van der Waals surface area contributed by atoms with E-state index in [9.17, 15) is 0 Å². The average molecular weight is 164 g/mol. The lowest BCUT2D eigenvalue weighted by atomic mass is 10.3. The van der Waals surface area contributed by atoms with Crippen LogP contribution in [-0.2, 0) is 4.74 Å². The van der Waals surface area contributed by atoms with Gasteiger partial charge in [-0.05, 0) is 19.1 Å². The van der Waals surface area contributed by atoms with Crippen LogP contribution in [0, 0.1) is 6.41 Å². The third kappa shape index (κ3) is 1.23. The van der Waals surface area contributed by atoms with Gasteiger partial charge in [0.05, 0.1) is 12.3 Å². The Hall–Kier alpha value is -1.22. The van der Waals surface area contributed by atoms with Gasteiger partial charge in [0.15, 0.2) is 0 Å². The summed E-state index contributed by atoms with van der Waals surface area (Å²) >= 11 is 0. The number of hydrogen-bond donors (Lipinski definition) is 1. The van der Waals surface area contributed by atoms with E-state index in [1.807, 2.05) is 31.2 Å². The predicted octanol–water partition coefficient (Wildman–Crippen LogP) is 1.97. The van der Waals surface area contributed by atoms with Gasteiger partial charge in [-0.2, -0.15) is 0 Å². The van der Waals surface area contributed by atoms with E-state index in [2.05, 4.69) is 5.32 Å². The van der Waals surface area contributed by atoms with Crippen LogP contribution in [0.2, 0.25) is 0 Å². The van der Waals surface area contributed by atoms with Gasteiger partial charge in [-0.15, -0.1) is 0 Å². The standard InChI is InChI=1S/C9H10NO2/c1-2-11-9-10-7-5-3-4-6-8(7)12-9/h3-6,10H,2H2,1H3. The Morgan fingerprint density at radius 2 is 2.25 bits per heavy atom. The molecule has 0 spiro atoms. The Morgan fingerprint density at radius 1 is 1.42 bits per heavy atom. The highest BCUT2D eigenvalue weighted by molar-refractivity contribution is 5.61. The first kappa shape index (κ1) is 7.43. The molecule has 2 rings (SSSR count). The quantitative estimate of drug-likeness (QED) is 0.724. The topological polar surface area (TPSA) is 30.5 Å². The van der Waals surface area contributed by atoms with E-state index in [0.717, 1.165) is 11.4 Å². The SMILES string of the molecule is CCO[C]1Nc2ccccc2O1. The zero-order valence-corrected chi connectivity index (χ0v) is 6.83. The summed E-state index contributed by atoms with van der Waals surface area (Å²) in [6, 6.07) is 7.72. The maximum atomic E-state index is 5.33. The Kier molecular flexibility index (Phi) is 1.87.